The summed E-state index contributed by atoms with van der Waals surface area (Å²) in [5.74, 6) is 2.68. The molecule has 27 heavy (non-hydrogen) atoms. The second-order valence-electron chi connectivity index (χ2n) is 6.83. The second-order valence-corrected chi connectivity index (χ2v) is 7.27. The largest absolute Gasteiger partial charge is 0.493 e. The van der Waals surface area contributed by atoms with Crippen molar-refractivity contribution in [2.24, 2.45) is 0 Å². The molecule has 0 atom stereocenters. The van der Waals surface area contributed by atoms with E-state index < -0.39 is 0 Å². The summed E-state index contributed by atoms with van der Waals surface area (Å²) in [7, 11) is 3.31. The van der Waals surface area contributed by atoms with E-state index >= 15 is 0 Å². The van der Waals surface area contributed by atoms with Crippen molar-refractivity contribution in [2.45, 2.75) is 19.8 Å². The molecule has 0 aromatic heterocycles. The van der Waals surface area contributed by atoms with Crippen molar-refractivity contribution >= 4 is 33.9 Å². The number of ether oxygens (including phenoxy) is 2. The summed E-state index contributed by atoms with van der Waals surface area (Å²) in [5.41, 5.74) is 4.35. The van der Waals surface area contributed by atoms with Crippen molar-refractivity contribution in [3.63, 3.8) is 0 Å². The molecule has 6 heteroatoms. The molecule has 3 N–H and O–H groups in total. The third kappa shape index (κ3) is 2.88. The van der Waals surface area contributed by atoms with E-state index in [2.05, 4.69) is 35.4 Å². The van der Waals surface area contributed by atoms with Gasteiger partial charge in [0, 0.05) is 21.7 Å². The third-order valence-electron chi connectivity index (χ3n) is 4.84. The van der Waals surface area contributed by atoms with Gasteiger partial charge < -0.3 is 14.8 Å². The van der Waals surface area contributed by atoms with Crippen LogP contribution in [0, 0.1) is 0 Å². The Morgan fingerprint density at radius 1 is 0.963 bits per heavy atom. The zero-order chi connectivity index (χ0) is 19.1. The van der Waals surface area contributed by atoms with E-state index in [1.165, 1.54) is 5.56 Å². The monoisotopic (exact) mass is 383 g/mol. The molecule has 0 spiro atoms. The van der Waals surface area contributed by atoms with E-state index in [-0.39, 0.29) is 0 Å². The quantitative estimate of drug-likeness (QED) is 0.388. The maximum Gasteiger partial charge on any atom is 0.161 e. The number of H-pyrrole nitrogens is 2. The molecule has 0 saturated carbocycles. The van der Waals surface area contributed by atoms with E-state index in [1.807, 2.05) is 30.3 Å². The van der Waals surface area contributed by atoms with Gasteiger partial charge >= 0.3 is 0 Å². The fourth-order valence-electron chi connectivity index (χ4n) is 3.69. The highest BCUT2D eigenvalue weighted by Crippen LogP contribution is 2.48. The summed E-state index contributed by atoms with van der Waals surface area (Å²) in [6, 6.07) is 11.8. The van der Waals surface area contributed by atoms with Gasteiger partial charge in [0.05, 0.1) is 19.9 Å². The summed E-state index contributed by atoms with van der Waals surface area (Å²) >= 11 is 6.13. The molecule has 0 saturated heterocycles. The first kappa shape index (κ1) is 17.6. The van der Waals surface area contributed by atoms with Crippen LogP contribution in [-0.4, -0.2) is 24.4 Å². The molecule has 0 amide bonds. The van der Waals surface area contributed by atoms with Gasteiger partial charge in [0.15, 0.2) is 11.5 Å². The second kappa shape index (κ2) is 6.74. The third-order valence-corrected chi connectivity index (χ3v) is 5.07. The maximum atomic E-state index is 6.13. The summed E-state index contributed by atoms with van der Waals surface area (Å²) in [5, 5.41) is 13.0. The van der Waals surface area contributed by atoms with Gasteiger partial charge in [0.2, 0.25) is 0 Å². The maximum absolute atomic E-state index is 6.13. The van der Waals surface area contributed by atoms with Gasteiger partial charge in [0.1, 0.15) is 5.82 Å². The van der Waals surface area contributed by atoms with Gasteiger partial charge in [-0.3, -0.25) is 10.2 Å². The molecule has 1 aliphatic carbocycles. The first-order valence-corrected chi connectivity index (χ1v) is 9.21. The Hall–Kier alpha value is -2.79. The van der Waals surface area contributed by atoms with E-state index in [1.54, 1.807) is 14.2 Å². The molecule has 1 heterocycles. The molecule has 0 bridgehead atoms. The number of benzene rings is 2. The van der Waals surface area contributed by atoms with Crippen molar-refractivity contribution in [3.05, 3.63) is 47.0 Å². The predicted molar refractivity (Wildman–Crippen MR) is 111 cm³/mol. The van der Waals surface area contributed by atoms with Crippen LogP contribution < -0.4 is 14.8 Å². The van der Waals surface area contributed by atoms with E-state index in [0.717, 1.165) is 39.3 Å². The van der Waals surface area contributed by atoms with Crippen LogP contribution in [0.25, 0.3) is 22.0 Å². The van der Waals surface area contributed by atoms with Crippen LogP contribution in [0.1, 0.15) is 25.3 Å². The van der Waals surface area contributed by atoms with Crippen LogP contribution >= 0.6 is 11.6 Å². The lowest BCUT2D eigenvalue weighted by molar-refractivity contribution is 0.356. The van der Waals surface area contributed by atoms with Gasteiger partial charge in [-0.1, -0.05) is 31.5 Å². The first-order chi connectivity index (χ1) is 13.0. The average Bonchev–Trinajstić information content (AvgIpc) is 3.18. The first-order valence-electron chi connectivity index (χ1n) is 8.83. The number of rotatable bonds is 5. The molecule has 4 rings (SSSR count). The fourth-order valence-corrected chi connectivity index (χ4v) is 3.88. The number of hydrogen-bond donors (Lipinski definition) is 3. The number of hydrogen-bond acceptors (Lipinski definition) is 3. The minimum Gasteiger partial charge on any atom is -0.493 e. The van der Waals surface area contributed by atoms with E-state index in [9.17, 15) is 0 Å². The van der Waals surface area contributed by atoms with Crippen molar-refractivity contribution in [1.82, 2.24) is 10.2 Å². The minimum atomic E-state index is 0.326. The Kier molecular flexibility index (Phi) is 4.40. The summed E-state index contributed by atoms with van der Waals surface area (Å²) in [6.45, 7) is 4.39. The van der Waals surface area contributed by atoms with Crippen LogP contribution in [0.3, 0.4) is 0 Å². The lowest BCUT2D eigenvalue weighted by atomic mass is 9.99. The number of methoxy groups -OCH3 is 2. The van der Waals surface area contributed by atoms with Gasteiger partial charge in [0.25, 0.3) is 0 Å². The molecule has 2 aromatic rings. The number of aromatic amines is 2. The zero-order valence-corrected chi connectivity index (χ0v) is 16.5. The van der Waals surface area contributed by atoms with Crippen LogP contribution in [0.4, 0.5) is 11.5 Å². The number of anilines is 2. The normalized spacial score (nSPS) is 11.5. The Bertz CT molecular complexity index is 1080. The van der Waals surface area contributed by atoms with Crippen molar-refractivity contribution in [2.75, 3.05) is 19.5 Å². The summed E-state index contributed by atoms with van der Waals surface area (Å²) < 4.78 is 11.0. The summed E-state index contributed by atoms with van der Waals surface area (Å²) in [4.78, 5) is 0. The number of aromatic nitrogens is 2. The predicted octanol–water partition coefficient (Wildman–Crippen LogP) is 6.14. The molecule has 0 radical (unpaired) electrons. The average molecular weight is 384 g/mol. The lowest BCUT2D eigenvalue weighted by Crippen LogP contribution is -1.95. The van der Waals surface area contributed by atoms with Crippen molar-refractivity contribution in [1.29, 1.82) is 0 Å². The molecule has 2 aliphatic rings. The van der Waals surface area contributed by atoms with Crippen molar-refractivity contribution < 1.29 is 9.47 Å². The van der Waals surface area contributed by atoms with Gasteiger partial charge in [-0.05, 0) is 47.2 Å². The minimum absolute atomic E-state index is 0.326. The van der Waals surface area contributed by atoms with Crippen LogP contribution in [0.2, 0.25) is 5.02 Å². The van der Waals surface area contributed by atoms with Gasteiger partial charge in [-0.2, -0.15) is 0 Å². The molecule has 1 aliphatic heterocycles. The van der Waals surface area contributed by atoms with Gasteiger partial charge in [-0.25, -0.2) is 0 Å². The Morgan fingerprint density at radius 3 is 2.30 bits per heavy atom. The molecule has 2 aromatic carbocycles. The molecule has 0 fully saturated rings. The van der Waals surface area contributed by atoms with Gasteiger partial charge in [-0.15, -0.1) is 0 Å². The highest BCUT2D eigenvalue weighted by atomic mass is 35.5. The summed E-state index contributed by atoms with van der Waals surface area (Å²) in [6.07, 6.45) is 0. The highest BCUT2D eigenvalue weighted by molar-refractivity contribution is 6.30. The number of halogens is 1. The lowest BCUT2D eigenvalue weighted by Gasteiger charge is -2.11. The Morgan fingerprint density at radius 2 is 1.67 bits per heavy atom. The molecule has 5 nitrogen and oxygen atoms in total. The Labute approximate surface area is 162 Å². The van der Waals surface area contributed by atoms with Crippen LogP contribution in [-0.2, 0) is 0 Å². The van der Waals surface area contributed by atoms with Crippen molar-refractivity contribution in [3.8, 4) is 22.8 Å². The highest BCUT2D eigenvalue weighted by Gasteiger charge is 2.26. The molecular weight excluding hydrogens is 362 g/mol. The molecular formula is C21H22ClN3O2. The Balaban J connectivity index is 1.93. The number of fused-ring (bicyclic) bond motifs is 3. The van der Waals surface area contributed by atoms with Crippen LogP contribution in [0.5, 0.6) is 11.5 Å². The van der Waals surface area contributed by atoms with Crippen LogP contribution in [0.15, 0.2) is 36.4 Å². The van der Waals surface area contributed by atoms with E-state index in [4.69, 9.17) is 21.1 Å². The van der Waals surface area contributed by atoms with E-state index in [0.29, 0.717) is 16.7 Å². The topological polar surface area (TPSA) is 62.1 Å². The zero-order valence-electron chi connectivity index (χ0n) is 15.7. The standard InChI is InChI=1S/C21H22ClN3O2/c1-11(2)18-14-9-16(26-3)17(27-4)10-15(14)20-19(18)21(25-24-20)23-13-7-5-6-12(22)8-13/h5-11,23-25H,1-4H3. The fraction of sp³-hybridized carbons (Fsp3) is 0.238. The molecule has 140 valence electrons. The SMILES string of the molecule is COc1cc2c3[nH][nH]c(Nc4cccc(Cl)c4)c-3c(C(C)C)c2cc1OC. The number of nitrogens with one attached hydrogen (secondary N) is 3. The smallest absolute Gasteiger partial charge is 0.161 e. The molecule has 0 unspecified atom stereocenters.